The van der Waals surface area contributed by atoms with Crippen LogP contribution in [0.4, 0.5) is 0 Å². The monoisotopic (exact) mass is 232 g/mol. The van der Waals surface area contributed by atoms with Gasteiger partial charge in [0.2, 0.25) is 0 Å². The fourth-order valence-electron chi connectivity index (χ4n) is 3.31. The van der Waals surface area contributed by atoms with Crippen molar-refractivity contribution in [1.82, 2.24) is 0 Å². The van der Waals surface area contributed by atoms with E-state index in [2.05, 4.69) is 31.2 Å². The second kappa shape index (κ2) is 3.82. The van der Waals surface area contributed by atoms with Crippen molar-refractivity contribution in [3.8, 4) is 0 Å². The molecular formula is C15H20O2. The van der Waals surface area contributed by atoms with Crippen molar-refractivity contribution in [3.63, 3.8) is 0 Å². The van der Waals surface area contributed by atoms with Crippen molar-refractivity contribution >= 4 is 0 Å². The summed E-state index contributed by atoms with van der Waals surface area (Å²) < 4.78 is 5.96. The molecule has 1 N–H and O–H groups in total. The fourth-order valence-corrected chi connectivity index (χ4v) is 3.31. The van der Waals surface area contributed by atoms with Crippen LogP contribution < -0.4 is 0 Å². The van der Waals surface area contributed by atoms with Gasteiger partial charge in [-0.1, -0.05) is 29.8 Å². The Kier molecular flexibility index (Phi) is 2.53. The smallest absolute Gasteiger partial charge is 0.0913 e. The Morgan fingerprint density at radius 3 is 2.53 bits per heavy atom. The molecule has 0 radical (unpaired) electrons. The molecule has 2 heterocycles. The van der Waals surface area contributed by atoms with E-state index in [1.165, 1.54) is 11.1 Å². The van der Waals surface area contributed by atoms with E-state index in [1.807, 2.05) is 0 Å². The van der Waals surface area contributed by atoms with E-state index in [9.17, 15) is 5.11 Å². The zero-order valence-electron chi connectivity index (χ0n) is 10.4. The Balaban J connectivity index is 1.90. The standard InChI is InChI=1S/C15H20O2/c1-12-3-2-4-13(9-12)14-5-7-15(10-16,8-6-14)17-11-14/h2-4,9,16H,5-8,10-11H2,1H3. The van der Waals surface area contributed by atoms with E-state index < -0.39 is 0 Å². The summed E-state index contributed by atoms with van der Waals surface area (Å²) in [6.45, 7) is 3.10. The number of hydrogen-bond acceptors (Lipinski definition) is 2. The first-order valence-electron chi connectivity index (χ1n) is 6.50. The maximum absolute atomic E-state index is 9.44. The highest BCUT2D eigenvalue weighted by atomic mass is 16.5. The van der Waals surface area contributed by atoms with Crippen LogP contribution in [0.15, 0.2) is 24.3 Å². The highest BCUT2D eigenvalue weighted by Gasteiger charge is 2.50. The highest BCUT2D eigenvalue weighted by molar-refractivity contribution is 5.32. The first-order valence-corrected chi connectivity index (χ1v) is 6.50. The van der Waals surface area contributed by atoms with Gasteiger partial charge in [-0.25, -0.2) is 0 Å². The quantitative estimate of drug-likeness (QED) is 0.849. The third kappa shape index (κ3) is 1.71. The van der Waals surface area contributed by atoms with Gasteiger partial charge in [-0.2, -0.15) is 0 Å². The minimum absolute atomic E-state index is 0.177. The summed E-state index contributed by atoms with van der Waals surface area (Å²) in [6, 6.07) is 8.81. The molecule has 17 heavy (non-hydrogen) atoms. The molecule has 2 heteroatoms. The minimum Gasteiger partial charge on any atom is -0.393 e. The highest BCUT2D eigenvalue weighted by Crippen LogP contribution is 2.50. The van der Waals surface area contributed by atoms with Gasteiger partial charge in [-0.05, 0) is 38.2 Å². The predicted octanol–water partition coefficient (Wildman–Crippen LogP) is 2.57. The second-order valence-corrected chi connectivity index (χ2v) is 5.78. The van der Waals surface area contributed by atoms with Crippen molar-refractivity contribution in [3.05, 3.63) is 35.4 Å². The second-order valence-electron chi connectivity index (χ2n) is 5.78. The van der Waals surface area contributed by atoms with Gasteiger partial charge in [-0.3, -0.25) is 0 Å². The maximum Gasteiger partial charge on any atom is 0.0913 e. The molecule has 2 nitrogen and oxygen atoms in total. The first-order chi connectivity index (χ1) is 8.18. The average molecular weight is 232 g/mol. The number of ether oxygens (including phenoxy) is 1. The van der Waals surface area contributed by atoms with Crippen molar-refractivity contribution in [2.24, 2.45) is 0 Å². The van der Waals surface area contributed by atoms with Crippen LogP contribution in [0, 0.1) is 6.92 Å². The molecule has 1 aromatic rings. The molecule has 3 fully saturated rings. The number of aliphatic hydroxyl groups excluding tert-OH is 1. The number of hydrogen-bond donors (Lipinski definition) is 1. The molecule has 0 unspecified atom stereocenters. The summed E-state index contributed by atoms with van der Waals surface area (Å²) in [5, 5.41) is 9.44. The molecule has 92 valence electrons. The van der Waals surface area contributed by atoms with Gasteiger partial charge < -0.3 is 9.84 Å². The lowest BCUT2D eigenvalue weighted by Crippen LogP contribution is -2.55. The van der Waals surface area contributed by atoms with E-state index >= 15 is 0 Å². The third-order valence-electron chi connectivity index (χ3n) is 4.69. The summed E-state index contributed by atoms with van der Waals surface area (Å²) >= 11 is 0. The van der Waals surface area contributed by atoms with Gasteiger partial charge in [0.15, 0.2) is 0 Å². The zero-order chi connectivity index (χ0) is 11.9. The third-order valence-corrected chi connectivity index (χ3v) is 4.69. The minimum atomic E-state index is -0.217. The molecule has 0 amide bonds. The molecule has 2 aliphatic heterocycles. The van der Waals surface area contributed by atoms with Crippen LogP contribution in [0.3, 0.4) is 0 Å². The van der Waals surface area contributed by atoms with E-state index in [0.29, 0.717) is 0 Å². The Labute approximate surface area is 103 Å². The van der Waals surface area contributed by atoms with Crippen LogP contribution in [0.25, 0.3) is 0 Å². The van der Waals surface area contributed by atoms with E-state index in [1.54, 1.807) is 0 Å². The molecular weight excluding hydrogens is 212 g/mol. The van der Waals surface area contributed by atoms with Gasteiger partial charge in [0, 0.05) is 5.41 Å². The lowest BCUT2D eigenvalue weighted by atomic mass is 9.63. The molecule has 2 bridgehead atoms. The molecule has 1 aliphatic carbocycles. The SMILES string of the molecule is Cc1cccc(C23CCC(CO)(CC2)OC3)c1. The van der Waals surface area contributed by atoms with Crippen LogP contribution in [0.5, 0.6) is 0 Å². The van der Waals surface area contributed by atoms with Crippen molar-refractivity contribution in [2.45, 2.75) is 43.6 Å². The fraction of sp³-hybridized carbons (Fsp3) is 0.600. The number of aryl methyl sites for hydroxylation is 1. The first kappa shape index (κ1) is 11.2. The van der Waals surface area contributed by atoms with Crippen LogP contribution >= 0.6 is 0 Å². The van der Waals surface area contributed by atoms with Gasteiger partial charge in [0.05, 0.1) is 18.8 Å². The Morgan fingerprint density at radius 1 is 1.24 bits per heavy atom. The Morgan fingerprint density at radius 2 is 2.00 bits per heavy atom. The molecule has 1 aromatic carbocycles. The van der Waals surface area contributed by atoms with Gasteiger partial charge in [-0.15, -0.1) is 0 Å². The number of rotatable bonds is 2. The van der Waals surface area contributed by atoms with E-state index in [0.717, 1.165) is 32.3 Å². The molecule has 2 saturated heterocycles. The molecule has 0 spiro atoms. The van der Waals surface area contributed by atoms with Gasteiger partial charge in [0.25, 0.3) is 0 Å². The van der Waals surface area contributed by atoms with Crippen molar-refractivity contribution < 1.29 is 9.84 Å². The molecule has 1 saturated carbocycles. The number of aliphatic hydroxyl groups is 1. The zero-order valence-corrected chi connectivity index (χ0v) is 10.4. The van der Waals surface area contributed by atoms with Gasteiger partial charge >= 0.3 is 0 Å². The summed E-state index contributed by atoms with van der Waals surface area (Å²) in [5.41, 5.74) is 2.74. The van der Waals surface area contributed by atoms with Crippen molar-refractivity contribution in [2.75, 3.05) is 13.2 Å². The van der Waals surface area contributed by atoms with Crippen molar-refractivity contribution in [1.29, 1.82) is 0 Å². The molecule has 0 atom stereocenters. The van der Waals surface area contributed by atoms with E-state index in [-0.39, 0.29) is 17.6 Å². The lowest BCUT2D eigenvalue weighted by molar-refractivity contribution is -0.175. The largest absolute Gasteiger partial charge is 0.393 e. The molecule has 3 aliphatic rings. The predicted molar refractivity (Wildman–Crippen MR) is 67.1 cm³/mol. The lowest BCUT2D eigenvalue weighted by Gasteiger charge is -2.52. The normalized spacial score (nSPS) is 36.1. The summed E-state index contributed by atoms with van der Waals surface area (Å²) in [6.07, 6.45) is 4.29. The summed E-state index contributed by atoms with van der Waals surface area (Å²) in [4.78, 5) is 0. The maximum atomic E-state index is 9.44. The van der Waals surface area contributed by atoms with Crippen LogP contribution in [-0.2, 0) is 10.2 Å². The Bertz CT molecular complexity index is 400. The average Bonchev–Trinajstić information content (AvgIpc) is 2.41. The summed E-state index contributed by atoms with van der Waals surface area (Å²) in [7, 11) is 0. The Hall–Kier alpha value is -0.860. The van der Waals surface area contributed by atoms with Crippen LogP contribution in [0.2, 0.25) is 0 Å². The summed E-state index contributed by atoms with van der Waals surface area (Å²) in [5.74, 6) is 0. The van der Waals surface area contributed by atoms with Crippen LogP contribution in [0.1, 0.15) is 36.8 Å². The van der Waals surface area contributed by atoms with Crippen LogP contribution in [-0.4, -0.2) is 23.9 Å². The van der Waals surface area contributed by atoms with Gasteiger partial charge in [0.1, 0.15) is 0 Å². The topological polar surface area (TPSA) is 29.5 Å². The molecule has 4 rings (SSSR count). The number of fused-ring (bicyclic) bond motifs is 3. The molecule has 0 aromatic heterocycles. The van der Waals surface area contributed by atoms with E-state index in [4.69, 9.17) is 4.74 Å². The number of benzene rings is 1.